The van der Waals surface area contributed by atoms with Crippen molar-refractivity contribution < 1.29 is 14.3 Å². The molecule has 0 radical (unpaired) electrons. The number of nitrogens with zero attached hydrogens (tertiary/aromatic N) is 1. The van der Waals surface area contributed by atoms with Crippen LogP contribution in [0.3, 0.4) is 0 Å². The van der Waals surface area contributed by atoms with Gasteiger partial charge in [-0.2, -0.15) is 5.26 Å². The van der Waals surface area contributed by atoms with Crippen LogP contribution in [0.25, 0.3) is 6.08 Å². The number of hydrogen-bond donors (Lipinski definition) is 1. The number of anilines is 1. The average Bonchev–Trinajstić information content (AvgIpc) is 2.79. The second-order valence-electron chi connectivity index (χ2n) is 7.00. The number of nitriles is 1. The Balaban J connectivity index is 1.84. The molecule has 0 fully saturated rings. The SMILES string of the molecule is COc1cc(/C=C(\C#N)C(=O)Nc2c(C)cccc2Cl)cc(Br)c1OCc1ccc(Br)cc1. The first-order valence-electron chi connectivity index (χ1n) is 9.75. The number of nitrogens with one attached hydrogen (secondary N) is 1. The molecule has 3 aromatic rings. The van der Waals surface area contributed by atoms with E-state index in [4.69, 9.17) is 21.1 Å². The highest BCUT2D eigenvalue weighted by atomic mass is 79.9. The molecule has 0 aliphatic carbocycles. The molecule has 0 aliphatic heterocycles. The number of carbonyl (C=O) groups excluding carboxylic acids is 1. The Morgan fingerprint density at radius 2 is 1.91 bits per heavy atom. The van der Waals surface area contributed by atoms with Crippen LogP contribution in [0.5, 0.6) is 11.5 Å². The molecule has 0 aliphatic rings. The standard InChI is InChI=1S/C25H19Br2ClN2O3/c1-15-4-3-5-21(28)23(15)30-25(31)18(13-29)10-17-11-20(27)24(22(12-17)32-2)33-14-16-6-8-19(26)9-7-16/h3-12H,14H2,1-2H3,(H,30,31)/b18-10+. The molecule has 1 amide bonds. The lowest BCUT2D eigenvalue weighted by atomic mass is 10.1. The van der Waals surface area contributed by atoms with E-state index in [2.05, 4.69) is 37.2 Å². The number of halogens is 3. The number of rotatable bonds is 7. The lowest BCUT2D eigenvalue weighted by Gasteiger charge is -2.14. The highest BCUT2D eigenvalue weighted by Gasteiger charge is 2.16. The molecule has 0 bridgehead atoms. The normalized spacial score (nSPS) is 11.0. The summed E-state index contributed by atoms with van der Waals surface area (Å²) in [5.41, 5.74) is 2.78. The van der Waals surface area contributed by atoms with Crippen molar-refractivity contribution in [3.8, 4) is 17.6 Å². The van der Waals surface area contributed by atoms with Crippen LogP contribution >= 0.6 is 43.5 Å². The highest BCUT2D eigenvalue weighted by molar-refractivity contribution is 9.10. The van der Waals surface area contributed by atoms with Gasteiger partial charge in [0.25, 0.3) is 5.91 Å². The molecular weight excluding hydrogens is 572 g/mol. The molecule has 0 heterocycles. The van der Waals surface area contributed by atoms with Gasteiger partial charge < -0.3 is 14.8 Å². The monoisotopic (exact) mass is 588 g/mol. The van der Waals surface area contributed by atoms with E-state index >= 15 is 0 Å². The first-order chi connectivity index (χ1) is 15.8. The van der Waals surface area contributed by atoms with Crippen LogP contribution in [0.15, 0.2) is 69.1 Å². The Morgan fingerprint density at radius 1 is 1.18 bits per heavy atom. The van der Waals surface area contributed by atoms with Gasteiger partial charge in [-0.05, 0) is 76.0 Å². The van der Waals surface area contributed by atoms with Gasteiger partial charge in [0.05, 0.1) is 22.3 Å². The van der Waals surface area contributed by atoms with Crippen LogP contribution in [0.1, 0.15) is 16.7 Å². The summed E-state index contributed by atoms with van der Waals surface area (Å²) in [6, 6.07) is 18.5. The third-order valence-corrected chi connectivity index (χ3v) is 6.12. The Labute approximate surface area is 214 Å². The van der Waals surface area contributed by atoms with Crippen LogP contribution in [-0.2, 0) is 11.4 Å². The first-order valence-corrected chi connectivity index (χ1v) is 11.7. The Kier molecular flexibility index (Phi) is 8.56. The van der Waals surface area contributed by atoms with Gasteiger partial charge in [-0.25, -0.2) is 0 Å². The molecule has 0 saturated heterocycles. The minimum absolute atomic E-state index is 0.0770. The van der Waals surface area contributed by atoms with E-state index in [9.17, 15) is 10.1 Å². The number of ether oxygens (including phenoxy) is 2. The smallest absolute Gasteiger partial charge is 0.266 e. The van der Waals surface area contributed by atoms with E-state index in [1.807, 2.05) is 43.3 Å². The fourth-order valence-corrected chi connectivity index (χ4v) is 4.09. The van der Waals surface area contributed by atoms with Gasteiger partial charge in [-0.15, -0.1) is 0 Å². The Hall–Kier alpha value is -2.79. The van der Waals surface area contributed by atoms with Crippen molar-refractivity contribution >= 4 is 61.1 Å². The zero-order valence-electron chi connectivity index (χ0n) is 17.8. The molecule has 0 unspecified atom stereocenters. The third-order valence-electron chi connectivity index (χ3n) is 4.68. The van der Waals surface area contributed by atoms with Crippen molar-refractivity contribution in [2.75, 3.05) is 12.4 Å². The Bertz CT molecular complexity index is 1230. The second kappa shape index (κ2) is 11.4. The number of carbonyl (C=O) groups is 1. The molecule has 0 spiro atoms. The number of hydrogen-bond acceptors (Lipinski definition) is 4. The number of benzene rings is 3. The molecular formula is C25H19Br2ClN2O3. The summed E-state index contributed by atoms with van der Waals surface area (Å²) in [5, 5.41) is 12.7. The summed E-state index contributed by atoms with van der Waals surface area (Å²) >= 11 is 13.1. The van der Waals surface area contributed by atoms with Gasteiger partial charge in [-0.3, -0.25) is 4.79 Å². The number of aryl methyl sites for hydroxylation is 1. The molecule has 0 aromatic heterocycles. The van der Waals surface area contributed by atoms with Crippen molar-refractivity contribution in [2.45, 2.75) is 13.5 Å². The molecule has 1 N–H and O–H groups in total. The van der Waals surface area contributed by atoms with Crippen molar-refractivity contribution in [2.24, 2.45) is 0 Å². The summed E-state index contributed by atoms with van der Waals surface area (Å²) in [6.45, 7) is 2.17. The molecule has 3 aromatic carbocycles. The molecule has 0 saturated carbocycles. The molecule has 33 heavy (non-hydrogen) atoms. The maximum Gasteiger partial charge on any atom is 0.266 e. The summed E-state index contributed by atoms with van der Waals surface area (Å²) in [5.74, 6) is 0.430. The molecule has 3 rings (SSSR count). The van der Waals surface area contributed by atoms with E-state index in [0.717, 1.165) is 15.6 Å². The highest BCUT2D eigenvalue weighted by Crippen LogP contribution is 2.38. The molecule has 168 valence electrons. The van der Waals surface area contributed by atoms with E-state index in [-0.39, 0.29) is 5.57 Å². The Morgan fingerprint density at radius 3 is 2.55 bits per heavy atom. The maximum atomic E-state index is 12.7. The van der Waals surface area contributed by atoms with Crippen molar-refractivity contribution in [1.82, 2.24) is 0 Å². The van der Waals surface area contributed by atoms with E-state index in [1.165, 1.54) is 13.2 Å². The lowest BCUT2D eigenvalue weighted by molar-refractivity contribution is -0.112. The van der Waals surface area contributed by atoms with Crippen molar-refractivity contribution in [3.05, 3.63) is 90.8 Å². The zero-order valence-corrected chi connectivity index (χ0v) is 21.7. The van der Waals surface area contributed by atoms with Crippen LogP contribution in [0.4, 0.5) is 5.69 Å². The van der Waals surface area contributed by atoms with Gasteiger partial charge in [0.1, 0.15) is 18.2 Å². The van der Waals surface area contributed by atoms with E-state index in [0.29, 0.717) is 38.9 Å². The number of para-hydroxylation sites is 1. The van der Waals surface area contributed by atoms with E-state index < -0.39 is 5.91 Å². The molecule has 5 nitrogen and oxygen atoms in total. The first kappa shape index (κ1) is 24.8. The van der Waals surface area contributed by atoms with Crippen LogP contribution in [0, 0.1) is 18.3 Å². The van der Waals surface area contributed by atoms with Gasteiger partial charge >= 0.3 is 0 Å². The predicted octanol–water partition coefficient (Wildman–Crippen LogP) is 7.31. The summed E-state index contributed by atoms with van der Waals surface area (Å²) < 4.78 is 13.1. The number of amides is 1. The quantitative estimate of drug-likeness (QED) is 0.231. The van der Waals surface area contributed by atoms with Gasteiger partial charge in [0.2, 0.25) is 0 Å². The van der Waals surface area contributed by atoms with Crippen molar-refractivity contribution in [1.29, 1.82) is 5.26 Å². The zero-order chi connectivity index (χ0) is 24.0. The minimum atomic E-state index is -0.556. The topological polar surface area (TPSA) is 71.3 Å². The summed E-state index contributed by atoms with van der Waals surface area (Å²) in [6.07, 6.45) is 1.48. The fraction of sp³-hybridized carbons (Fsp3) is 0.120. The lowest BCUT2D eigenvalue weighted by Crippen LogP contribution is -2.14. The fourth-order valence-electron chi connectivity index (χ4n) is 2.99. The maximum absolute atomic E-state index is 12.7. The van der Waals surface area contributed by atoms with Gasteiger partial charge in [0.15, 0.2) is 11.5 Å². The van der Waals surface area contributed by atoms with Gasteiger partial charge in [-0.1, -0.05) is 51.8 Å². The molecule has 0 atom stereocenters. The third kappa shape index (κ3) is 6.38. The predicted molar refractivity (Wildman–Crippen MR) is 138 cm³/mol. The van der Waals surface area contributed by atoms with Gasteiger partial charge in [0, 0.05) is 4.47 Å². The molecule has 8 heteroatoms. The minimum Gasteiger partial charge on any atom is -0.493 e. The van der Waals surface area contributed by atoms with E-state index in [1.54, 1.807) is 24.3 Å². The largest absolute Gasteiger partial charge is 0.493 e. The van der Waals surface area contributed by atoms with Crippen LogP contribution in [-0.4, -0.2) is 13.0 Å². The van der Waals surface area contributed by atoms with Crippen molar-refractivity contribution in [3.63, 3.8) is 0 Å². The van der Waals surface area contributed by atoms with Crippen LogP contribution in [0.2, 0.25) is 5.02 Å². The summed E-state index contributed by atoms with van der Waals surface area (Å²) in [4.78, 5) is 12.7. The number of methoxy groups -OCH3 is 1. The van der Waals surface area contributed by atoms with Crippen LogP contribution < -0.4 is 14.8 Å². The summed E-state index contributed by atoms with van der Waals surface area (Å²) in [7, 11) is 1.53. The average molecular weight is 591 g/mol. The second-order valence-corrected chi connectivity index (χ2v) is 9.18.